The van der Waals surface area contributed by atoms with Crippen LogP contribution in [-0.2, 0) is 13.1 Å². The zero-order chi connectivity index (χ0) is 15.4. The summed E-state index contributed by atoms with van der Waals surface area (Å²) in [6, 6.07) is 7.83. The van der Waals surface area contributed by atoms with E-state index in [0.717, 1.165) is 50.4 Å². The Hall–Kier alpha value is -1.72. The normalized spacial score (nSPS) is 18.5. The van der Waals surface area contributed by atoms with Gasteiger partial charge < -0.3 is 5.11 Å². The van der Waals surface area contributed by atoms with E-state index in [1.54, 1.807) is 6.20 Å². The van der Waals surface area contributed by atoms with Gasteiger partial charge in [-0.1, -0.05) is 6.07 Å². The number of aromatic nitrogens is 3. The highest BCUT2D eigenvalue weighted by Crippen LogP contribution is 2.29. The van der Waals surface area contributed by atoms with Gasteiger partial charge in [-0.3, -0.25) is 14.6 Å². The van der Waals surface area contributed by atoms with Crippen molar-refractivity contribution in [2.24, 2.45) is 5.92 Å². The van der Waals surface area contributed by atoms with Crippen LogP contribution in [0.15, 0.2) is 36.7 Å². The highest BCUT2D eigenvalue weighted by atomic mass is 16.3. The van der Waals surface area contributed by atoms with Crippen LogP contribution in [0.3, 0.4) is 0 Å². The molecule has 3 heterocycles. The van der Waals surface area contributed by atoms with Gasteiger partial charge in [0.05, 0.1) is 17.5 Å². The number of aliphatic hydroxyl groups excluding tert-OH is 1. The molecule has 1 fully saturated rings. The number of likely N-dealkylation sites (tertiary alicyclic amines) is 1. The molecule has 22 heavy (non-hydrogen) atoms. The van der Waals surface area contributed by atoms with Gasteiger partial charge in [0.25, 0.3) is 0 Å². The Balaban J connectivity index is 1.52. The van der Waals surface area contributed by atoms with Crippen molar-refractivity contribution in [2.45, 2.75) is 39.0 Å². The second-order valence-electron chi connectivity index (χ2n) is 5.98. The Bertz CT molecular complexity index is 575. The quantitative estimate of drug-likeness (QED) is 0.920. The van der Waals surface area contributed by atoms with Crippen LogP contribution in [0.1, 0.15) is 37.3 Å². The second kappa shape index (κ2) is 7.03. The molecule has 1 aliphatic rings. The highest BCUT2D eigenvalue weighted by molar-refractivity contribution is 5.08. The van der Waals surface area contributed by atoms with E-state index in [2.05, 4.69) is 28.0 Å². The first-order chi connectivity index (χ1) is 10.8. The van der Waals surface area contributed by atoms with Crippen molar-refractivity contribution in [1.82, 2.24) is 19.7 Å². The van der Waals surface area contributed by atoms with Gasteiger partial charge in [0.1, 0.15) is 0 Å². The van der Waals surface area contributed by atoms with Crippen molar-refractivity contribution in [3.05, 3.63) is 48.0 Å². The Morgan fingerprint density at radius 3 is 2.73 bits per heavy atom. The maximum atomic E-state index is 10.5. The Morgan fingerprint density at radius 2 is 2.09 bits per heavy atom. The van der Waals surface area contributed by atoms with Gasteiger partial charge in [-0.15, -0.1) is 0 Å². The van der Waals surface area contributed by atoms with E-state index in [1.807, 2.05) is 29.1 Å². The average molecular weight is 300 g/mol. The lowest BCUT2D eigenvalue weighted by Gasteiger charge is -2.33. The first-order valence-electron chi connectivity index (χ1n) is 8.10. The van der Waals surface area contributed by atoms with E-state index in [9.17, 15) is 5.11 Å². The summed E-state index contributed by atoms with van der Waals surface area (Å²) in [7, 11) is 0. The lowest BCUT2D eigenvalue weighted by atomic mass is 9.89. The second-order valence-corrected chi connectivity index (χ2v) is 5.98. The van der Waals surface area contributed by atoms with Crippen molar-refractivity contribution in [3.63, 3.8) is 0 Å². The number of nitrogens with zero attached hydrogens (tertiary/aromatic N) is 4. The van der Waals surface area contributed by atoms with Crippen LogP contribution in [0.2, 0.25) is 0 Å². The fourth-order valence-electron chi connectivity index (χ4n) is 3.11. The number of hydrogen-bond acceptors (Lipinski definition) is 4. The predicted molar refractivity (Wildman–Crippen MR) is 85.1 cm³/mol. The van der Waals surface area contributed by atoms with Gasteiger partial charge in [0.2, 0.25) is 0 Å². The number of hydrogen-bond donors (Lipinski definition) is 1. The van der Waals surface area contributed by atoms with Crippen LogP contribution < -0.4 is 0 Å². The molecular formula is C17H24N4O. The molecule has 1 N–H and O–H groups in total. The van der Waals surface area contributed by atoms with Gasteiger partial charge >= 0.3 is 0 Å². The Kier molecular flexibility index (Phi) is 4.85. The molecule has 5 heteroatoms. The molecule has 2 aromatic rings. The van der Waals surface area contributed by atoms with E-state index in [0.29, 0.717) is 5.92 Å². The number of pyridine rings is 1. The zero-order valence-corrected chi connectivity index (χ0v) is 13.1. The summed E-state index contributed by atoms with van der Waals surface area (Å²) in [6.45, 7) is 5.93. The molecule has 1 saturated heterocycles. The minimum absolute atomic E-state index is 0.305. The molecule has 0 spiro atoms. The Labute approximate surface area is 131 Å². The fourth-order valence-corrected chi connectivity index (χ4v) is 3.11. The van der Waals surface area contributed by atoms with Crippen LogP contribution in [0, 0.1) is 5.92 Å². The molecular weight excluding hydrogens is 276 g/mol. The van der Waals surface area contributed by atoms with Crippen molar-refractivity contribution in [2.75, 3.05) is 13.1 Å². The maximum absolute atomic E-state index is 10.5. The van der Waals surface area contributed by atoms with Crippen molar-refractivity contribution in [3.8, 4) is 0 Å². The summed E-state index contributed by atoms with van der Waals surface area (Å²) >= 11 is 0. The lowest BCUT2D eigenvalue weighted by Crippen LogP contribution is -2.35. The van der Waals surface area contributed by atoms with Crippen LogP contribution in [0.25, 0.3) is 0 Å². The molecule has 0 amide bonds. The summed E-state index contributed by atoms with van der Waals surface area (Å²) in [5.41, 5.74) is 1.92. The van der Waals surface area contributed by atoms with Crippen LogP contribution >= 0.6 is 0 Å². The van der Waals surface area contributed by atoms with E-state index >= 15 is 0 Å². The minimum atomic E-state index is -0.442. The minimum Gasteiger partial charge on any atom is -0.387 e. The van der Waals surface area contributed by atoms with E-state index in [4.69, 9.17) is 0 Å². The number of piperidine rings is 1. The summed E-state index contributed by atoms with van der Waals surface area (Å²) in [4.78, 5) is 6.70. The van der Waals surface area contributed by atoms with Gasteiger partial charge in [-0.25, -0.2) is 0 Å². The van der Waals surface area contributed by atoms with E-state index in [-0.39, 0.29) is 0 Å². The van der Waals surface area contributed by atoms with Crippen molar-refractivity contribution in [1.29, 1.82) is 0 Å². The third-order valence-electron chi connectivity index (χ3n) is 4.48. The van der Waals surface area contributed by atoms with Crippen LogP contribution in [0.5, 0.6) is 0 Å². The number of aliphatic hydroxyl groups is 1. The molecule has 0 radical (unpaired) electrons. The molecule has 2 aromatic heterocycles. The van der Waals surface area contributed by atoms with Gasteiger partial charge in [-0.2, -0.15) is 5.10 Å². The first kappa shape index (κ1) is 15.2. The number of rotatable bonds is 5. The summed E-state index contributed by atoms with van der Waals surface area (Å²) in [5.74, 6) is 0.305. The van der Waals surface area contributed by atoms with Crippen LogP contribution in [0.4, 0.5) is 0 Å². The molecule has 118 valence electrons. The molecule has 0 aromatic carbocycles. The zero-order valence-electron chi connectivity index (χ0n) is 13.1. The van der Waals surface area contributed by atoms with Crippen LogP contribution in [-0.4, -0.2) is 37.9 Å². The van der Waals surface area contributed by atoms with Gasteiger partial charge in [0.15, 0.2) is 0 Å². The smallest absolute Gasteiger partial charge is 0.0988 e. The lowest BCUT2D eigenvalue weighted by molar-refractivity contribution is 0.0536. The molecule has 0 saturated carbocycles. The molecule has 0 aliphatic carbocycles. The molecule has 0 unspecified atom stereocenters. The molecule has 1 aliphatic heterocycles. The van der Waals surface area contributed by atoms with E-state index < -0.39 is 6.10 Å². The summed E-state index contributed by atoms with van der Waals surface area (Å²) in [5, 5.41) is 15.0. The largest absolute Gasteiger partial charge is 0.387 e. The van der Waals surface area contributed by atoms with E-state index in [1.165, 1.54) is 0 Å². The monoisotopic (exact) mass is 300 g/mol. The molecule has 3 rings (SSSR count). The van der Waals surface area contributed by atoms with Gasteiger partial charge in [-0.05, 0) is 57.0 Å². The third-order valence-corrected chi connectivity index (χ3v) is 4.48. The Morgan fingerprint density at radius 1 is 1.27 bits per heavy atom. The summed E-state index contributed by atoms with van der Waals surface area (Å²) < 4.78 is 1.97. The number of aryl methyl sites for hydroxylation is 1. The first-order valence-corrected chi connectivity index (χ1v) is 8.10. The topological polar surface area (TPSA) is 54.2 Å². The third kappa shape index (κ3) is 3.54. The SMILES string of the molecule is CCn1ccc(CN2CCC([C@@H](O)c3ccccn3)CC2)n1. The molecule has 5 nitrogen and oxygen atoms in total. The van der Waals surface area contributed by atoms with Crippen molar-refractivity contribution < 1.29 is 5.11 Å². The maximum Gasteiger partial charge on any atom is 0.0988 e. The average Bonchev–Trinajstić information content (AvgIpc) is 3.03. The molecule has 0 bridgehead atoms. The van der Waals surface area contributed by atoms with Crippen molar-refractivity contribution >= 4 is 0 Å². The highest BCUT2D eigenvalue weighted by Gasteiger charge is 2.27. The standard InChI is InChI=1S/C17H24N4O/c1-2-21-12-8-15(19-21)13-20-10-6-14(7-11-20)17(22)16-5-3-4-9-18-16/h3-5,8-9,12,14,17,22H,2,6-7,10-11,13H2,1H3/t17-/m1/s1. The molecule has 1 atom stereocenters. The summed E-state index contributed by atoms with van der Waals surface area (Å²) in [6.07, 6.45) is 5.35. The van der Waals surface area contributed by atoms with Gasteiger partial charge in [0, 0.05) is 25.5 Å². The predicted octanol–water partition coefficient (Wildman–Crippen LogP) is 2.24. The fraction of sp³-hybridized carbons (Fsp3) is 0.529.